The van der Waals surface area contributed by atoms with Gasteiger partial charge in [-0.3, -0.25) is 0 Å². The van der Waals surface area contributed by atoms with Gasteiger partial charge in [0.2, 0.25) is 7.42 Å². The highest BCUT2D eigenvalue weighted by Gasteiger charge is 1.98. The van der Waals surface area contributed by atoms with Crippen molar-refractivity contribution < 1.29 is 5.11 Å². The molecule has 7 heavy (non-hydrogen) atoms. The molecule has 0 aromatic rings. The van der Waals surface area contributed by atoms with Crippen molar-refractivity contribution in [2.45, 2.75) is 12.5 Å². The molecule has 0 aromatic carbocycles. The molecule has 0 fully saturated rings. The Bertz CT molecular complexity index is 41.9. The van der Waals surface area contributed by atoms with Gasteiger partial charge in [-0.15, -0.1) is 0 Å². The van der Waals surface area contributed by atoms with E-state index in [9.17, 15) is 0 Å². The van der Waals surface area contributed by atoms with E-state index in [0.717, 1.165) is 12.5 Å². The standard InChI is InChI=1S/C3H8Cl2OSi/c4-7(5)3-1-2-6/h6-7H,1-3H2. The third-order valence-corrected chi connectivity index (χ3v) is 2.73. The zero-order valence-electron chi connectivity index (χ0n) is 3.90. The summed E-state index contributed by atoms with van der Waals surface area (Å²) < 4.78 is 0. The lowest BCUT2D eigenvalue weighted by Gasteiger charge is -1.91. The van der Waals surface area contributed by atoms with E-state index in [1.54, 1.807) is 0 Å². The van der Waals surface area contributed by atoms with Gasteiger partial charge in [0.05, 0.1) is 0 Å². The van der Waals surface area contributed by atoms with Crippen LogP contribution < -0.4 is 0 Å². The highest BCUT2D eigenvalue weighted by molar-refractivity contribution is 7.33. The predicted molar refractivity (Wildman–Crippen MR) is 35.4 cm³/mol. The molecule has 0 aliphatic heterocycles. The average Bonchev–Trinajstić information content (AvgIpc) is 1.61. The highest BCUT2D eigenvalue weighted by atomic mass is 35.7. The van der Waals surface area contributed by atoms with Crippen LogP contribution in [0.3, 0.4) is 0 Å². The fourth-order valence-corrected chi connectivity index (χ4v) is 1.66. The molecule has 0 aromatic heterocycles. The van der Waals surface area contributed by atoms with Gasteiger partial charge in [-0.25, -0.2) is 0 Å². The summed E-state index contributed by atoms with van der Waals surface area (Å²) in [4.78, 5) is 0. The minimum Gasteiger partial charge on any atom is -0.396 e. The average molecular weight is 159 g/mol. The van der Waals surface area contributed by atoms with Crippen LogP contribution in [0.15, 0.2) is 0 Å². The number of aliphatic hydroxyl groups is 1. The normalized spacial score (nSPS) is 10.3. The van der Waals surface area contributed by atoms with Crippen LogP contribution in [-0.2, 0) is 0 Å². The van der Waals surface area contributed by atoms with Gasteiger partial charge in [-0.05, 0) is 12.5 Å². The second-order valence-corrected chi connectivity index (χ2v) is 6.45. The number of hydrogen-bond acceptors (Lipinski definition) is 1. The number of aliphatic hydroxyl groups excluding tert-OH is 1. The lowest BCUT2D eigenvalue weighted by atomic mass is 10.5. The quantitative estimate of drug-likeness (QED) is 0.482. The second kappa shape index (κ2) is 4.90. The molecule has 0 radical (unpaired) electrons. The van der Waals surface area contributed by atoms with E-state index in [1.165, 1.54) is 0 Å². The van der Waals surface area contributed by atoms with Crippen molar-refractivity contribution in [2.24, 2.45) is 0 Å². The summed E-state index contributed by atoms with van der Waals surface area (Å²) in [5, 5.41) is 8.22. The van der Waals surface area contributed by atoms with Crippen molar-refractivity contribution in [3.05, 3.63) is 0 Å². The van der Waals surface area contributed by atoms with Crippen molar-refractivity contribution in [1.29, 1.82) is 0 Å². The molecule has 4 heteroatoms. The van der Waals surface area contributed by atoms with Crippen LogP contribution in [-0.4, -0.2) is 19.1 Å². The molecule has 0 saturated carbocycles. The molecule has 0 atom stereocenters. The zero-order chi connectivity index (χ0) is 5.70. The first-order valence-electron chi connectivity index (χ1n) is 2.16. The van der Waals surface area contributed by atoms with Crippen LogP contribution in [0.4, 0.5) is 0 Å². The zero-order valence-corrected chi connectivity index (χ0v) is 6.57. The first kappa shape index (κ1) is 7.76. The van der Waals surface area contributed by atoms with Gasteiger partial charge in [-0.2, -0.15) is 22.2 Å². The van der Waals surface area contributed by atoms with Gasteiger partial charge in [0.25, 0.3) is 0 Å². The number of rotatable bonds is 3. The summed E-state index contributed by atoms with van der Waals surface area (Å²) >= 11 is 10.9. The number of hydrogen-bond donors (Lipinski definition) is 1. The van der Waals surface area contributed by atoms with E-state index in [-0.39, 0.29) is 6.61 Å². The van der Waals surface area contributed by atoms with E-state index in [4.69, 9.17) is 27.3 Å². The van der Waals surface area contributed by atoms with Gasteiger partial charge >= 0.3 is 0 Å². The van der Waals surface area contributed by atoms with Crippen LogP contribution >= 0.6 is 22.2 Å². The largest absolute Gasteiger partial charge is 0.396 e. The van der Waals surface area contributed by atoms with E-state index < -0.39 is 7.42 Å². The maximum Gasteiger partial charge on any atom is 0.237 e. The molecular weight excluding hydrogens is 151 g/mol. The summed E-state index contributed by atoms with van der Waals surface area (Å²) in [6.45, 7) is 0.211. The fraction of sp³-hybridized carbons (Fsp3) is 1.00. The maximum atomic E-state index is 8.22. The summed E-state index contributed by atoms with van der Waals surface area (Å²) in [5.41, 5.74) is 0. The Kier molecular flexibility index (Phi) is 5.44. The first-order chi connectivity index (χ1) is 3.27. The van der Waals surface area contributed by atoms with Gasteiger partial charge in [0, 0.05) is 6.61 Å². The van der Waals surface area contributed by atoms with Crippen molar-refractivity contribution >= 4 is 29.6 Å². The molecule has 1 nitrogen and oxygen atoms in total. The fourth-order valence-electron chi connectivity index (χ4n) is 0.246. The molecule has 0 aliphatic rings. The Morgan fingerprint density at radius 1 is 1.43 bits per heavy atom. The minimum absolute atomic E-state index is 0.211. The van der Waals surface area contributed by atoms with Crippen LogP contribution in [0.1, 0.15) is 6.42 Å². The summed E-state index contributed by atoms with van der Waals surface area (Å²) in [6, 6.07) is 0.819. The SMILES string of the molecule is OCCC[SiH](Cl)Cl. The second-order valence-electron chi connectivity index (χ2n) is 1.26. The Morgan fingerprint density at radius 2 is 2.00 bits per heavy atom. The summed E-state index contributed by atoms with van der Waals surface area (Å²) in [5.74, 6) is 0. The predicted octanol–water partition coefficient (Wildman–Crippen LogP) is 1.07. The van der Waals surface area contributed by atoms with E-state index in [0.29, 0.717) is 0 Å². The smallest absolute Gasteiger partial charge is 0.237 e. The third kappa shape index (κ3) is 6.76. The maximum absolute atomic E-state index is 8.22. The molecule has 0 amide bonds. The van der Waals surface area contributed by atoms with Crippen molar-refractivity contribution in [3.63, 3.8) is 0 Å². The van der Waals surface area contributed by atoms with Gasteiger partial charge in [-0.1, -0.05) is 0 Å². The molecule has 0 saturated heterocycles. The van der Waals surface area contributed by atoms with Gasteiger partial charge in [0.1, 0.15) is 0 Å². The molecule has 0 bridgehead atoms. The van der Waals surface area contributed by atoms with Gasteiger partial charge < -0.3 is 5.11 Å². The van der Waals surface area contributed by atoms with Crippen molar-refractivity contribution in [1.82, 2.24) is 0 Å². The molecule has 0 heterocycles. The topological polar surface area (TPSA) is 20.2 Å². The molecule has 0 unspecified atom stereocenters. The third-order valence-electron chi connectivity index (χ3n) is 0.580. The van der Waals surface area contributed by atoms with E-state index in [2.05, 4.69) is 0 Å². The molecular formula is C3H8Cl2OSi. The lowest BCUT2D eigenvalue weighted by molar-refractivity contribution is 0.295. The monoisotopic (exact) mass is 158 g/mol. The Labute approximate surface area is 54.3 Å². The molecule has 1 N–H and O–H groups in total. The van der Waals surface area contributed by atoms with Crippen LogP contribution in [0.25, 0.3) is 0 Å². The molecule has 0 spiro atoms. The van der Waals surface area contributed by atoms with Gasteiger partial charge in [0.15, 0.2) is 0 Å². The molecule has 0 rings (SSSR count). The Balaban J connectivity index is 2.68. The Morgan fingerprint density at radius 3 is 2.14 bits per heavy atom. The molecule has 0 aliphatic carbocycles. The Hall–Kier alpha value is 0.757. The van der Waals surface area contributed by atoms with Crippen LogP contribution in [0.5, 0.6) is 0 Å². The molecule has 44 valence electrons. The lowest BCUT2D eigenvalue weighted by Crippen LogP contribution is -1.92. The summed E-state index contributed by atoms with van der Waals surface area (Å²) in [6.07, 6.45) is 0.754. The summed E-state index contributed by atoms with van der Waals surface area (Å²) in [7, 11) is -1.40. The van der Waals surface area contributed by atoms with Crippen LogP contribution in [0, 0.1) is 0 Å². The van der Waals surface area contributed by atoms with Crippen molar-refractivity contribution in [2.75, 3.05) is 6.61 Å². The minimum atomic E-state index is -1.40. The van der Waals surface area contributed by atoms with Crippen molar-refractivity contribution in [3.8, 4) is 0 Å². The first-order valence-corrected chi connectivity index (χ1v) is 6.47. The van der Waals surface area contributed by atoms with E-state index in [1.807, 2.05) is 0 Å². The highest BCUT2D eigenvalue weighted by Crippen LogP contribution is 2.04. The number of halogens is 2. The van der Waals surface area contributed by atoms with E-state index >= 15 is 0 Å². The van der Waals surface area contributed by atoms with Crippen LogP contribution in [0.2, 0.25) is 6.04 Å².